The number of fused-ring (bicyclic) bond motifs is 2. The van der Waals surface area contributed by atoms with Gasteiger partial charge in [-0.15, -0.1) is 0 Å². The first kappa shape index (κ1) is 16.6. The van der Waals surface area contributed by atoms with E-state index in [1.807, 2.05) is 28.8 Å². The van der Waals surface area contributed by atoms with Crippen LogP contribution in [0.25, 0.3) is 22.1 Å². The van der Waals surface area contributed by atoms with Crippen molar-refractivity contribution in [1.82, 2.24) is 29.8 Å². The lowest BCUT2D eigenvalue weighted by Gasteiger charge is -2.16. The van der Waals surface area contributed by atoms with Gasteiger partial charge in [-0.1, -0.05) is 24.3 Å². The molecule has 3 heterocycles. The molecule has 0 saturated heterocycles. The third kappa shape index (κ3) is 3.16. The molecular weight excluding hydrogens is 348 g/mol. The molecule has 0 spiro atoms. The van der Waals surface area contributed by atoms with Crippen LogP contribution in [0.4, 0.5) is 0 Å². The van der Waals surface area contributed by atoms with E-state index in [4.69, 9.17) is 12.2 Å². The second kappa shape index (κ2) is 6.81. The average molecular weight is 366 g/mol. The van der Waals surface area contributed by atoms with Gasteiger partial charge in [0.1, 0.15) is 5.52 Å². The SMILES string of the molecule is CC(Cn1c(=S)[nH]c(=O)c2[nH]cnc21)NCc1ccc2ccccc2n1. The molecule has 0 aliphatic rings. The summed E-state index contributed by atoms with van der Waals surface area (Å²) in [6.07, 6.45) is 1.50. The number of pyridine rings is 1. The van der Waals surface area contributed by atoms with Crippen molar-refractivity contribution in [3.05, 3.63) is 63.5 Å². The van der Waals surface area contributed by atoms with Crippen LogP contribution in [0.3, 0.4) is 0 Å². The number of nitrogens with one attached hydrogen (secondary N) is 3. The third-order valence-corrected chi connectivity index (χ3v) is 4.63. The van der Waals surface area contributed by atoms with E-state index in [1.54, 1.807) is 0 Å². The summed E-state index contributed by atoms with van der Waals surface area (Å²) >= 11 is 5.30. The molecule has 8 heteroatoms. The van der Waals surface area contributed by atoms with Gasteiger partial charge >= 0.3 is 0 Å². The van der Waals surface area contributed by atoms with Crippen LogP contribution < -0.4 is 10.9 Å². The molecule has 3 N–H and O–H groups in total. The number of rotatable bonds is 5. The zero-order valence-electron chi connectivity index (χ0n) is 14.2. The molecule has 0 fully saturated rings. The summed E-state index contributed by atoms with van der Waals surface area (Å²) in [5.41, 5.74) is 2.71. The molecular formula is C18H18N6OS. The molecule has 3 aromatic heterocycles. The average Bonchev–Trinajstić information content (AvgIpc) is 3.13. The molecule has 0 radical (unpaired) electrons. The highest BCUT2D eigenvalue weighted by molar-refractivity contribution is 7.71. The van der Waals surface area contributed by atoms with Gasteiger partial charge in [-0.2, -0.15) is 0 Å². The minimum absolute atomic E-state index is 0.112. The van der Waals surface area contributed by atoms with Crippen molar-refractivity contribution in [3.8, 4) is 0 Å². The van der Waals surface area contributed by atoms with E-state index in [0.29, 0.717) is 29.0 Å². The van der Waals surface area contributed by atoms with Gasteiger partial charge in [-0.05, 0) is 31.3 Å². The summed E-state index contributed by atoms with van der Waals surface area (Å²) in [7, 11) is 0. The van der Waals surface area contributed by atoms with Crippen LogP contribution in [0.15, 0.2) is 47.5 Å². The maximum Gasteiger partial charge on any atom is 0.277 e. The number of para-hydroxylation sites is 1. The summed E-state index contributed by atoms with van der Waals surface area (Å²) in [5, 5.41) is 4.58. The van der Waals surface area contributed by atoms with Gasteiger partial charge in [0.05, 0.1) is 17.5 Å². The van der Waals surface area contributed by atoms with Gasteiger partial charge in [0.25, 0.3) is 5.56 Å². The van der Waals surface area contributed by atoms with Gasteiger partial charge in [-0.3, -0.25) is 19.3 Å². The highest BCUT2D eigenvalue weighted by atomic mass is 32.1. The molecule has 4 aromatic rings. The monoisotopic (exact) mass is 366 g/mol. The summed E-state index contributed by atoms with van der Waals surface area (Å²) in [5.74, 6) is 0. The molecule has 1 aromatic carbocycles. The first-order chi connectivity index (χ1) is 12.6. The predicted molar refractivity (Wildman–Crippen MR) is 104 cm³/mol. The van der Waals surface area contributed by atoms with E-state index in [9.17, 15) is 4.79 Å². The number of hydrogen-bond donors (Lipinski definition) is 3. The topological polar surface area (TPSA) is 91.4 Å². The van der Waals surface area contributed by atoms with Crippen LogP contribution in [0.2, 0.25) is 0 Å². The lowest BCUT2D eigenvalue weighted by Crippen LogP contribution is -2.31. The van der Waals surface area contributed by atoms with Crippen molar-refractivity contribution in [2.24, 2.45) is 0 Å². The van der Waals surface area contributed by atoms with Crippen LogP contribution >= 0.6 is 12.2 Å². The highest BCUT2D eigenvalue weighted by Gasteiger charge is 2.11. The molecule has 7 nitrogen and oxygen atoms in total. The summed E-state index contributed by atoms with van der Waals surface area (Å²) in [4.78, 5) is 26.3. The van der Waals surface area contributed by atoms with Crippen molar-refractivity contribution >= 4 is 34.3 Å². The van der Waals surface area contributed by atoms with Gasteiger partial charge in [0, 0.05) is 24.5 Å². The Morgan fingerprint density at radius 2 is 2.12 bits per heavy atom. The second-order valence-corrected chi connectivity index (χ2v) is 6.63. The first-order valence-corrected chi connectivity index (χ1v) is 8.77. The molecule has 26 heavy (non-hydrogen) atoms. The first-order valence-electron chi connectivity index (χ1n) is 8.36. The fraction of sp³-hybridized carbons (Fsp3) is 0.222. The highest BCUT2D eigenvalue weighted by Crippen LogP contribution is 2.12. The van der Waals surface area contributed by atoms with E-state index in [2.05, 4.69) is 44.3 Å². The Bertz CT molecular complexity index is 1190. The molecule has 0 aliphatic heterocycles. The minimum Gasteiger partial charge on any atom is -0.339 e. The summed E-state index contributed by atoms with van der Waals surface area (Å²) in [6.45, 7) is 3.29. The lowest BCUT2D eigenvalue weighted by atomic mass is 10.2. The van der Waals surface area contributed by atoms with Crippen LogP contribution in [0.5, 0.6) is 0 Å². The Hall–Kier alpha value is -2.84. The van der Waals surface area contributed by atoms with Crippen molar-refractivity contribution in [3.63, 3.8) is 0 Å². The van der Waals surface area contributed by atoms with Crippen molar-refractivity contribution in [1.29, 1.82) is 0 Å². The molecule has 1 atom stereocenters. The smallest absolute Gasteiger partial charge is 0.277 e. The molecule has 0 amide bonds. The Labute approximate surface area is 154 Å². The van der Waals surface area contributed by atoms with E-state index >= 15 is 0 Å². The maximum absolute atomic E-state index is 11.9. The number of nitrogens with zero attached hydrogens (tertiary/aromatic N) is 3. The normalized spacial score (nSPS) is 12.7. The molecule has 1 unspecified atom stereocenters. The van der Waals surface area contributed by atoms with Crippen LogP contribution in [0.1, 0.15) is 12.6 Å². The van der Waals surface area contributed by atoms with Gasteiger partial charge in [0.15, 0.2) is 10.4 Å². The van der Waals surface area contributed by atoms with E-state index in [-0.39, 0.29) is 11.6 Å². The maximum atomic E-state index is 11.9. The molecule has 0 bridgehead atoms. The number of aromatic amines is 2. The Kier molecular flexibility index (Phi) is 4.36. The summed E-state index contributed by atoms with van der Waals surface area (Å²) < 4.78 is 2.20. The standard InChI is InChI=1S/C18H18N6OS/c1-11(9-24-16-15(20-10-21-16)17(25)23-18(24)26)19-8-13-7-6-12-4-2-3-5-14(12)22-13/h2-7,10-11,19H,8-9H2,1H3,(H,20,21)(H,23,25,26). The predicted octanol–water partition coefficient (Wildman–Crippen LogP) is 2.51. The largest absolute Gasteiger partial charge is 0.339 e. The molecule has 4 rings (SSSR count). The number of imidazole rings is 1. The van der Waals surface area contributed by atoms with Crippen molar-refractivity contribution < 1.29 is 0 Å². The number of benzene rings is 1. The van der Waals surface area contributed by atoms with E-state index < -0.39 is 0 Å². The fourth-order valence-electron chi connectivity index (χ4n) is 2.98. The second-order valence-electron chi connectivity index (χ2n) is 6.25. The van der Waals surface area contributed by atoms with Gasteiger partial charge in [0.2, 0.25) is 0 Å². The zero-order valence-corrected chi connectivity index (χ0v) is 15.0. The quantitative estimate of drug-likeness (QED) is 0.472. The fourth-order valence-corrected chi connectivity index (χ4v) is 3.23. The van der Waals surface area contributed by atoms with Crippen molar-refractivity contribution in [2.45, 2.75) is 26.1 Å². The zero-order chi connectivity index (χ0) is 18.1. The third-order valence-electron chi connectivity index (χ3n) is 4.31. The van der Waals surface area contributed by atoms with E-state index in [0.717, 1.165) is 16.6 Å². The van der Waals surface area contributed by atoms with Crippen LogP contribution in [-0.4, -0.2) is 30.5 Å². The number of H-pyrrole nitrogens is 2. The minimum atomic E-state index is -0.250. The van der Waals surface area contributed by atoms with E-state index in [1.165, 1.54) is 6.33 Å². The Morgan fingerprint density at radius 3 is 3.00 bits per heavy atom. The number of hydrogen-bond acceptors (Lipinski definition) is 5. The molecule has 0 saturated carbocycles. The Balaban J connectivity index is 1.50. The van der Waals surface area contributed by atoms with Crippen molar-refractivity contribution in [2.75, 3.05) is 0 Å². The van der Waals surface area contributed by atoms with Gasteiger partial charge in [-0.25, -0.2) is 4.98 Å². The van der Waals surface area contributed by atoms with Crippen LogP contribution in [0, 0.1) is 4.77 Å². The van der Waals surface area contributed by atoms with Gasteiger partial charge < -0.3 is 10.3 Å². The molecule has 0 aliphatic carbocycles. The Morgan fingerprint density at radius 1 is 1.27 bits per heavy atom. The summed E-state index contributed by atoms with van der Waals surface area (Å²) in [6, 6.07) is 12.3. The lowest BCUT2D eigenvalue weighted by molar-refractivity contribution is 0.472. The molecule has 132 valence electrons. The number of aromatic nitrogens is 5. The van der Waals surface area contributed by atoms with Crippen LogP contribution in [-0.2, 0) is 13.1 Å².